The molecule has 568 valence electrons. The van der Waals surface area contributed by atoms with Crippen molar-refractivity contribution in [3.8, 4) is 0 Å². The van der Waals surface area contributed by atoms with Crippen molar-refractivity contribution >= 4 is 126 Å². The molecule has 0 spiro atoms. The number of ether oxygens (including phenoxy) is 12. The van der Waals surface area contributed by atoms with Gasteiger partial charge in [-0.15, -0.1) is 0 Å². The van der Waals surface area contributed by atoms with Crippen molar-refractivity contribution in [2.75, 3.05) is 159 Å². The maximum absolute atomic E-state index is 5.33. The van der Waals surface area contributed by atoms with Crippen LogP contribution in [0.15, 0.2) is 0 Å². The number of hydrogen-bond donors (Lipinski definition) is 0. The molecule has 0 N–H and O–H groups in total. The third-order valence-electron chi connectivity index (χ3n) is 8.49. The Kier molecular flexibility index (Phi) is 97.7. The van der Waals surface area contributed by atoms with Gasteiger partial charge in [-0.1, -0.05) is 335 Å². The molecule has 18 nitrogen and oxygen atoms in total. The third kappa shape index (κ3) is 163. The monoisotopic (exact) mass is 2110 g/mol. The van der Waals surface area contributed by atoms with Gasteiger partial charge in [-0.3, -0.25) is 0 Å². The van der Waals surface area contributed by atoms with Gasteiger partial charge in [-0.05, 0) is 0 Å². The summed E-state index contributed by atoms with van der Waals surface area (Å²) in [6, 6.07) is 0. The molecule has 0 aromatic carbocycles. The molecule has 0 amide bonds. The Labute approximate surface area is 757 Å². The van der Waals surface area contributed by atoms with Crippen molar-refractivity contribution in [3.63, 3.8) is 0 Å². The van der Waals surface area contributed by atoms with E-state index in [1.165, 1.54) is 0 Å². The molecule has 0 aromatic heterocycles. The van der Waals surface area contributed by atoms with Crippen LogP contribution in [0.4, 0.5) is 0 Å². The zero-order valence-corrected chi connectivity index (χ0v) is 98.6. The molecule has 2 aliphatic heterocycles. The van der Waals surface area contributed by atoms with Crippen LogP contribution in [-0.2, 0) is 83.8 Å². The van der Waals surface area contributed by atoms with Gasteiger partial charge in [-0.25, -0.2) is 0 Å². The van der Waals surface area contributed by atoms with Crippen molar-refractivity contribution in [1.29, 1.82) is 0 Å². The van der Waals surface area contributed by atoms with Crippen LogP contribution in [0.3, 0.4) is 0 Å². The van der Waals surface area contributed by atoms with Crippen LogP contribution >= 0.6 is 0 Å². The van der Waals surface area contributed by atoms with Crippen LogP contribution in [0.2, 0.25) is 236 Å². The molecule has 2 heterocycles. The Balaban J connectivity index is -0.0000000851. The molecule has 0 aliphatic carbocycles. The van der Waals surface area contributed by atoms with E-state index in [1.54, 1.807) is 0 Å². The first kappa shape index (κ1) is 130. The van der Waals surface area contributed by atoms with Gasteiger partial charge >= 0.3 is 165 Å². The van der Waals surface area contributed by atoms with Crippen molar-refractivity contribution in [3.05, 3.63) is 27.9 Å². The van der Waals surface area contributed by atoms with Gasteiger partial charge in [0.15, 0.2) is 0 Å². The minimum atomic E-state index is -1.11. The van der Waals surface area contributed by atoms with E-state index in [9.17, 15) is 0 Å². The molecule has 2 saturated heterocycles. The van der Waals surface area contributed by atoms with E-state index in [4.69, 9.17) is 84.7 Å². The first-order valence-electron chi connectivity index (χ1n) is 33.6. The van der Waals surface area contributed by atoms with E-state index in [0.29, 0.717) is 159 Å². The summed E-state index contributed by atoms with van der Waals surface area (Å²) in [5.74, 6) is 0. The molecule has 0 aromatic rings. The van der Waals surface area contributed by atoms with Gasteiger partial charge in [0.25, 0.3) is 0 Å². The summed E-state index contributed by atoms with van der Waals surface area (Å²) < 4.78 is 92.8. The van der Waals surface area contributed by atoms with E-state index in [2.05, 4.69) is 236 Å². The zero-order chi connectivity index (χ0) is 71.7. The molecule has 96 heavy (non-hydrogen) atoms. The molecule has 2 fully saturated rings. The van der Waals surface area contributed by atoms with E-state index in [1.807, 2.05) is 0 Å². The summed E-state index contributed by atoms with van der Waals surface area (Å²) >= 11 is 0. The summed E-state index contributed by atoms with van der Waals surface area (Å²) in [7, 11) is -13.3. The average Bonchev–Trinajstić information content (AvgIpc) is 3.23. The average molecular weight is 2110 g/mol. The van der Waals surface area contributed by atoms with Gasteiger partial charge in [0.05, 0.1) is 159 Å². The normalized spacial score (nSPS) is 16.9. The molecule has 0 unspecified atom stereocenters. The molecule has 0 bridgehead atoms. The largest absolute Gasteiger partial charge is 4.00 e. The van der Waals surface area contributed by atoms with Crippen LogP contribution in [0, 0.1) is 62.2 Å². The van der Waals surface area contributed by atoms with Gasteiger partial charge in [0, 0.05) is 0 Å². The second-order valence-electron chi connectivity index (χ2n) is 34.1. The summed E-state index contributed by atoms with van der Waals surface area (Å²) in [6.45, 7) is 96.8. The minimum absolute atomic E-state index is 0. The van der Waals surface area contributed by atoms with Gasteiger partial charge < -0.3 is 112 Å². The molecule has 0 radical (unpaired) electrons. The third-order valence-corrected chi connectivity index (χ3v) is 40.7. The smallest absolute Gasteiger partial charge is 2.00 e. The summed E-state index contributed by atoms with van der Waals surface area (Å²) in [5.41, 5.74) is 0. The molecular weight excluding hydrogens is 1950 g/mol. The van der Waals surface area contributed by atoms with E-state index in [0.717, 1.165) is 0 Å². The van der Waals surface area contributed by atoms with Crippen LogP contribution in [0.1, 0.15) is 0 Å². The summed E-state index contributed by atoms with van der Waals surface area (Å²) in [4.78, 5) is 0. The Morgan fingerprint density at radius 2 is 0.177 bits per heavy atom. The van der Waals surface area contributed by atoms with Crippen molar-refractivity contribution in [2.45, 2.75) is 236 Å². The van der Waals surface area contributed by atoms with Crippen LogP contribution in [0.25, 0.3) is 27.9 Å². The molecule has 36 heteroatoms. The Bertz CT molecular complexity index is 1150. The predicted molar refractivity (Wildman–Crippen MR) is 445 cm³/mol. The SMILES string of the molecule is C1COCCOCCOCCOCCOCCO1.C1COCCOCCOCCOCCOCCO1.C[Si](C)(C)[N-][Si](C)(C)C.C[Si](C)(C)[N-][Si](C)(C)C.C[Si](C)(C)[N-][Si](C)(C)C.C[Si](C)(C)[N-][Si](C)(C)C.C[Si](C)(C)[N-][Si](C)(C)C.C[Si](C)(C)[N-][Si](C)(C)C.[K+].[K+].[S-2].[S-2].[U+4].[U+4]. The second kappa shape index (κ2) is 72.0. The first-order valence-corrected chi connectivity index (χ1v) is 75.0. The fraction of sp³-hybridized carbons (Fsp3) is 1.00. The van der Waals surface area contributed by atoms with Crippen molar-refractivity contribution in [2.24, 2.45) is 0 Å². The van der Waals surface area contributed by atoms with Gasteiger partial charge in [0.2, 0.25) is 0 Å². The van der Waals surface area contributed by atoms with Crippen molar-refractivity contribution < 1.29 is 222 Å². The summed E-state index contributed by atoms with van der Waals surface area (Å²) in [6.07, 6.45) is 0. The van der Waals surface area contributed by atoms with E-state index >= 15 is 0 Å². The molecule has 2 rings (SSSR count). The topological polar surface area (TPSA) is 195 Å². The number of nitrogens with zero attached hydrogens (tertiary/aromatic N) is 6. The molecule has 2 aliphatic rings. The Morgan fingerprint density at radius 1 is 0.135 bits per heavy atom. The fourth-order valence-corrected chi connectivity index (χ4v) is 57.0. The number of hydrogen-bond acceptors (Lipinski definition) is 12. The Morgan fingerprint density at radius 3 is 0.198 bits per heavy atom. The Hall–Kier alpha value is 7.96. The van der Waals surface area contributed by atoms with Crippen molar-refractivity contribution in [1.82, 2.24) is 0 Å². The van der Waals surface area contributed by atoms with Crippen LogP contribution in [-0.4, -0.2) is 257 Å². The van der Waals surface area contributed by atoms with Gasteiger partial charge in [0.1, 0.15) is 0 Å². The fourth-order valence-electron chi connectivity index (χ4n) is 8.68. The molecule has 0 saturated carbocycles. The standard InChI is InChI=1S/2C12H24O6.6C6H18NSi2.2K.2S.2U/c2*1-2-14-5-6-16-9-10-18-12-11-17-8-7-15-4-3-13-1;6*1-8(2,3)7-9(4,5)6;;;;;;/h2*1-12H2;6*1-6H3;;;;;;/q;;6*-1;2*+1;2*-2;2*+4. The van der Waals surface area contributed by atoms with E-state index < -0.39 is 98.8 Å². The maximum Gasteiger partial charge on any atom is 4.00 e. The van der Waals surface area contributed by atoms with Crippen LogP contribution in [0.5, 0.6) is 0 Å². The number of rotatable bonds is 12. The van der Waals surface area contributed by atoms with Gasteiger partial charge in [-0.2, -0.15) is 0 Å². The minimum Gasteiger partial charge on any atom is -2.00 e. The molecular formula is C60H156K2N6O12S2Si12U2. The van der Waals surface area contributed by atoms with Crippen LogP contribution < -0.4 is 103 Å². The quantitative estimate of drug-likeness (QED) is 0.168. The summed E-state index contributed by atoms with van der Waals surface area (Å²) in [5, 5.41) is 0. The predicted octanol–water partition coefficient (Wildman–Crippen LogP) is 12.4. The first-order chi connectivity index (χ1) is 40.2. The zero-order valence-electron chi connectivity index (χ0n) is 70.4. The molecule has 0 atom stereocenters. The second-order valence-corrected chi connectivity index (χ2v) is 91.5. The van der Waals surface area contributed by atoms with E-state index in [-0.39, 0.29) is 192 Å². The maximum atomic E-state index is 5.33.